The zero-order chi connectivity index (χ0) is 10.8. The van der Waals surface area contributed by atoms with Gasteiger partial charge in [0.15, 0.2) is 0 Å². The molecule has 0 aliphatic heterocycles. The van der Waals surface area contributed by atoms with Gasteiger partial charge in [-0.3, -0.25) is 0 Å². The summed E-state index contributed by atoms with van der Waals surface area (Å²) in [5.41, 5.74) is 0.439. The van der Waals surface area contributed by atoms with Crippen LogP contribution in [0.15, 0.2) is 23.6 Å². The van der Waals surface area contributed by atoms with E-state index in [0.29, 0.717) is 15.6 Å². The van der Waals surface area contributed by atoms with E-state index in [-0.39, 0.29) is 5.82 Å². The maximum Gasteiger partial charge on any atom is 0.137 e. The summed E-state index contributed by atoms with van der Waals surface area (Å²) in [7, 11) is 1.77. The van der Waals surface area contributed by atoms with E-state index in [1.54, 1.807) is 13.1 Å². The summed E-state index contributed by atoms with van der Waals surface area (Å²) in [6, 6.07) is 4.44. The van der Waals surface area contributed by atoms with E-state index in [1.807, 2.05) is 5.38 Å². The summed E-state index contributed by atoms with van der Waals surface area (Å²) in [6.45, 7) is 0. The van der Waals surface area contributed by atoms with Gasteiger partial charge in [-0.05, 0) is 18.2 Å². The minimum absolute atomic E-state index is 0.309. The van der Waals surface area contributed by atoms with Crippen LogP contribution in [-0.4, -0.2) is 12.0 Å². The van der Waals surface area contributed by atoms with Crippen LogP contribution in [-0.2, 0) is 0 Å². The lowest BCUT2D eigenvalue weighted by Crippen LogP contribution is -1.88. The summed E-state index contributed by atoms with van der Waals surface area (Å²) in [5, 5.41) is 5.86. The maximum atomic E-state index is 13.5. The molecule has 5 heteroatoms. The van der Waals surface area contributed by atoms with Crippen molar-refractivity contribution in [3.8, 4) is 10.6 Å². The largest absolute Gasteiger partial charge is 0.372 e. The van der Waals surface area contributed by atoms with Crippen LogP contribution in [0.2, 0.25) is 5.02 Å². The lowest BCUT2D eigenvalue weighted by atomic mass is 10.2. The average Bonchev–Trinajstić information content (AvgIpc) is 2.70. The van der Waals surface area contributed by atoms with E-state index in [1.165, 1.54) is 23.5 Å². The van der Waals surface area contributed by atoms with Crippen LogP contribution in [0.25, 0.3) is 10.6 Å². The topological polar surface area (TPSA) is 24.9 Å². The van der Waals surface area contributed by atoms with Crippen molar-refractivity contribution in [3.05, 3.63) is 34.4 Å². The molecular formula is C10H8ClFN2S. The van der Waals surface area contributed by atoms with Crippen LogP contribution in [0.3, 0.4) is 0 Å². The minimum atomic E-state index is -0.309. The third-order valence-corrected chi connectivity index (χ3v) is 3.03. The first-order valence-electron chi connectivity index (χ1n) is 4.29. The zero-order valence-electron chi connectivity index (χ0n) is 7.92. The fourth-order valence-electron chi connectivity index (χ4n) is 1.17. The smallest absolute Gasteiger partial charge is 0.137 e. The molecule has 1 heterocycles. The van der Waals surface area contributed by atoms with E-state index in [2.05, 4.69) is 10.3 Å². The molecule has 1 aromatic carbocycles. The second kappa shape index (κ2) is 4.16. The Kier molecular flexibility index (Phi) is 2.88. The van der Waals surface area contributed by atoms with Crippen molar-refractivity contribution in [2.45, 2.75) is 0 Å². The zero-order valence-corrected chi connectivity index (χ0v) is 9.49. The first kappa shape index (κ1) is 10.4. The standard InChI is InChI=1S/C10H8ClFN2S/c1-13-9-5-15-10(14-9)7-4-6(11)2-3-8(7)12/h2-5,13H,1H3. The minimum Gasteiger partial charge on any atom is -0.372 e. The van der Waals surface area contributed by atoms with E-state index in [4.69, 9.17) is 11.6 Å². The number of hydrogen-bond acceptors (Lipinski definition) is 3. The second-order valence-electron chi connectivity index (χ2n) is 2.91. The molecule has 1 aromatic heterocycles. The van der Waals surface area contributed by atoms with Crippen molar-refractivity contribution in [1.82, 2.24) is 4.98 Å². The molecule has 0 aliphatic rings. The van der Waals surface area contributed by atoms with E-state index in [0.717, 1.165) is 5.82 Å². The van der Waals surface area contributed by atoms with Gasteiger partial charge >= 0.3 is 0 Å². The van der Waals surface area contributed by atoms with Crippen LogP contribution < -0.4 is 5.32 Å². The molecule has 0 fully saturated rings. The van der Waals surface area contributed by atoms with Crippen molar-refractivity contribution in [1.29, 1.82) is 0 Å². The normalized spacial score (nSPS) is 10.3. The van der Waals surface area contributed by atoms with Crippen molar-refractivity contribution in [3.63, 3.8) is 0 Å². The summed E-state index contributed by atoms with van der Waals surface area (Å²) < 4.78 is 13.5. The van der Waals surface area contributed by atoms with Gasteiger partial charge in [-0.1, -0.05) is 11.6 Å². The molecule has 1 N–H and O–H groups in total. The Labute approximate surface area is 95.7 Å². The number of halogens is 2. The molecule has 0 saturated carbocycles. The number of nitrogens with zero attached hydrogens (tertiary/aromatic N) is 1. The van der Waals surface area contributed by atoms with Gasteiger partial charge in [0, 0.05) is 23.0 Å². The number of benzene rings is 1. The van der Waals surface area contributed by atoms with E-state index < -0.39 is 0 Å². The maximum absolute atomic E-state index is 13.5. The molecule has 0 spiro atoms. The predicted octanol–water partition coefficient (Wildman–Crippen LogP) is 3.64. The molecular weight excluding hydrogens is 235 g/mol. The quantitative estimate of drug-likeness (QED) is 0.870. The fourth-order valence-corrected chi connectivity index (χ4v) is 2.17. The molecule has 0 aliphatic carbocycles. The number of aromatic nitrogens is 1. The van der Waals surface area contributed by atoms with Crippen LogP contribution in [0.4, 0.5) is 10.2 Å². The predicted molar refractivity (Wildman–Crippen MR) is 62.1 cm³/mol. The third-order valence-electron chi connectivity index (χ3n) is 1.92. The fraction of sp³-hybridized carbons (Fsp3) is 0.100. The number of hydrogen-bond donors (Lipinski definition) is 1. The Morgan fingerprint density at radius 1 is 1.47 bits per heavy atom. The van der Waals surface area contributed by atoms with Crippen molar-refractivity contribution < 1.29 is 4.39 Å². The van der Waals surface area contributed by atoms with Gasteiger partial charge in [-0.25, -0.2) is 9.37 Å². The molecule has 15 heavy (non-hydrogen) atoms. The Bertz CT molecular complexity index is 484. The molecule has 2 nitrogen and oxygen atoms in total. The van der Waals surface area contributed by atoms with Gasteiger partial charge in [0.25, 0.3) is 0 Å². The van der Waals surface area contributed by atoms with Gasteiger partial charge in [0.1, 0.15) is 16.6 Å². The molecule has 2 aromatic rings. The SMILES string of the molecule is CNc1csc(-c2cc(Cl)ccc2F)n1. The van der Waals surface area contributed by atoms with Crippen LogP contribution in [0, 0.1) is 5.82 Å². The highest BCUT2D eigenvalue weighted by atomic mass is 35.5. The summed E-state index contributed by atoms with van der Waals surface area (Å²) in [6.07, 6.45) is 0. The molecule has 0 bridgehead atoms. The van der Waals surface area contributed by atoms with Crippen LogP contribution in [0.1, 0.15) is 0 Å². The third kappa shape index (κ3) is 2.11. The molecule has 78 valence electrons. The number of anilines is 1. The summed E-state index contributed by atoms with van der Waals surface area (Å²) >= 11 is 7.18. The van der Waals surface area contributed by atoms with Gasteiger partial charge in [0.05, 0.1) is 0 Å². The Hall–Kier alpha value is -1.13. The Morgan fingerprint density at radius 3 is 2.93 bits per heavy atom. The van der Waals surface area contributed by atoms with Crippen LogP contribution >= 0.6 is 22.9 Å². The Morgan fingerprint density at radius 2 is 2.27 bits per heavy atom. The first-order chi connectivity index (χ1) is 7.20. The van der Waals surface area contributed by atoms with Gasteiger partial charge in [-0.2, -0.15) is 0 Å². The number of thiazole rings is 1. The monoisotopic (exact) mass is 242 g/mol. The first-order valence-corrected chi connectivity index (χ1v) is 5.55. The van der Waals surface area contributed by atoms with Crippen LogP contribution in [0.5, 0.6) is 0 Å². The molecule has 0 radical (unpaired) electrons. The highest BCUT2D eigenvalue weighted by Crippen LogP contribution is 2.29. The highest BCUT2D eigenvalue weighted by Gasteiger charge is 2.09. The lowest BCUT2D eigenvalue weighted by molar-refractivity contribution is 0.631. The van der Waals surface area contributed by atoms with Gasteiger partial charge < -0.3 is 5.32 Å². The Balaban J connectivity index is 2.48. The summed E-state index contributed by atoms with van der Waals surface area (Å²) in [5.74, 6) is 0.422. The average molecular weight is 243 g/mol. The van der Waals surface area contributed by atoms with Crippen molar-refractivity contribution in [2.75, 3.05) is 12.4 Å². The number of nitrogens with one attached hydrogen (secondary N) is 1. The molecule has 0 saturated heterocycles. The highest BCUT2D eigenvalue weighted by molar-refractivity contribution is 7.13. The van der Waals surface area contributed by atoms with E-state index >= 15 is 0 Å². The molecule has 0 unspecified atom stereocenters. The molecule has 2 rings (SSSR count). The number of rotatable bonds is 2. The van der Waals surface area contributed by atoms with Crippen molar-refractivity contribution in [2.24, 2.45) is 0 Å². The van der Waals surface area contributed by atoms with E-state index in [9.17, 15) is 4.39 Å². The second-order valence-corrected chi connectivity index (χ2v) is 4.21. The molecule has 0 atom stereocenters. The summed E-state index contributed by atoms with van der Waals surface area (Å²) in [4.78, 5) is 4.21. The lowest BCUT2D eigenvalue weighted by Gasteiger charge is -1.99. The van der Waals surface area contributed by atoms with Gasteiger partial charge in [0.2, 0.25) is 0 Å². The van der Waals surface area contributed by atoms with Gasteiger partial charge in [-0.15, -0.1) is 11.3 Å². The molecule has 0 amide bonds. The van der Waals surface area contributed by atoms with Crippen molar-refractivity contribution >= 4 is 28.8 Å².